The lowest BCUT2D eigenvalue weighted by Gasteiger charge is -2.24. The fourth-order valence-electron chi connectivity index (χ4n) is 4.22. The standard InChI is InChI=1S/C24H23ClFN5O7/c1-38-15-9-19(30(11-15)23(36)27-13-4-2-12(25)3-5-13)21(34)28-17-7-6-14(8-16(17)26)31-22(35)18(10-20(32)33)29-24(31)37/h2-8,15,18-19H,9-11H2,1H3,(H,27,36)(H,28,34)(H,29,37)(H,32,33). The summed E-state index contributed by atoms with van der Waals surface area (Å²) < 4.78 is 20.3. The van der Waals surface area contributed by atoms with E-state index in [0.717, 1.165) is 12.1 Å². The first-order valence-corrected chi connectivity index (χ1v) is 11.8. The van der Waals surface area contributed by atoms with E-state index in [-0.39, 0.29) is 24.3 Å². The maximum absolute atomic E-state index is 14.9. The molecule has 2 aromatic carbocycles. The average Bonchev–Trinajstić information content (AvgIpc) is 3.42. The zero-order valence-electron chi connectivity index (χ0n) is 19.9. The average molecular weight is 548 g/mol. The zero-order chi connectivity index (χ0) is 27.6. The number of carboxylic acids is 1. The number of carbonyl (C=O) groups is 5. The highest BCUT2D eigenvalue weighted by Crippen LogP contribution is 2.28. The molecule has 3 atom stereocenters. The summed E-state index contributed by atoms with van der Waals surface area (Å²) in [7, 11) is 1.45. The summed E-state index contributed by atoms with van der Waals surface area (Å²) in [4.78, 5) is 63.4. The Balaban J connectivity index is 1.47. The largest absolute Gasteiger partial charge is 0.481 e. The van der Waals surface area contributed by atoms with Gasteiger partial charge in [0.25, 0.3) is 5.91 Å². The molecule has 0 bridgehead atoms. The van der Waals surface area contributed by atoms with Gasteiger partial charge in [-0.1, -0.05) is 11.6 Å². The number of imide groups is 1. The molecule has 4 rings (SSSR count). The van der Waals surface area contributed by atoms with Gasteiger partial charge in [0.05, 0.1) is 23.9 Å². The van der Waals surface area contributed by atoms with Gasteiger partial charge in [0.15, 0.2) is 0 Å². The number of amides is 6. The first-order chi connectivity index (χ1) is 18.1. The molecule has 0 radical (unpaired) electrons. The molecule has 0 spiro atoms. The van der Waals surface area contributed by atoms with E-state index in [1.54, 1.807) is 24.3 Å². The number of carbonyl (C=O) groups excluding carboxylic acids is 4. The van der Waals surface area contributed by atoms with Crippen molar-refractivity contribution in [3.05, 3.63) is 53.3 Å². The highest BCUT2D eigenvalue weighted by Gasteiger charge is 2.41. The first kappa shape index (κ1) is 26.8. The number of carboxylic acid groups (broad SMARTS) is 1. The highest BCUT2D eigenvalue weighted by molar-refractivity contribution is 6.30. The van der Waals surface area contributed by atoms with Crippen molar-refractivity contribution in [3.8, 4) is 0 Å². The van der Waals surface area contributed by atoms with Crippen molar-refractivity contribution in [3.63, 3.8) is 0 Å². The van der Waals surface area contributed by atoms with Gasteiger partial charge in [0.2, 0.25) is 5.91 Å². The summed E-state index contributed by atoms with van der Waals surface area (Å²) in [5, 5.41) is 16.7. The first-order valence-electron chi connectivity index (χ1n) is 11.4. The van der Waals surface area contributed by atoms with Crippen molar-refractivity contribution in [2.24, 2.45) is 0 Å². The smallest absolute Gasteiger partial charge is 0.329 e. The number of halogens is 2. The van der Waals surface area contributed by atoms with Crippen molar-refractivity contribution in [1.29, 1.82) is 0 Å². The summed E-state index contributed by atoms with van der Waals surface area (Å²) in [6.07, 6.45) is -0.875. The van der Waals surface area contributed by atoms with Gasteiger partial charge in [0.1, 0.15) is 17.9 Å². The second-order valence-electron chi connectivity index (χ2n) is 8.63. The van der Waals surface area contributed by atoms with E-state index in [1.807, 2.05) is 0 Å². The summed E-state index contributed by atoms with van der Waals surface area (Å²) in [5.74, 6) is -3.74. The number of benzene rings is 2. The molecular formula is C24H23ClFN5O7. The monoisotopic (exact) mass is 547 g/mol. The van der Waals surface area contributed by atoms with Crippen LogP contribution >= 0.6 is 11.6 Å². The molecule has 0 aromatic heterocycles. The maximum atomic E-state index is 14.9. The quantitative estimate of drug-likeness (QED) is 0.388. The van der Waals surface area contributed by atoms with E-state index < -0.39 is 60.3 Å². The minimum Gasteiger partial charge on any atom is -0.481 e. The number of aliphatic carboxylic acids is 1. The van der Waals surface area contributed by atoms with Crippen LogP contribution in [0, 0.1) is 5.82 Å². The van der Waals surface area contributed by atoms with Gasteiger partial charge in [-0.2, -0.15) is 0 Å². The summed E-state index contributed by atoms with van der Waals surface area (Å²) in [5.41, 5.74) is 0.0825. The SMILES string of the molecule is COC1CC(C(=O)Nc2ccc(N3C(=O)NC(CC(=O)O)C3=O)cc2F)N(C(=O)Nc2ccc(Cl)cc2)C1. The lowest BCUT2D eigenvalue weighted by Crippen LogP contribution is -2.45. The predicted octanol–water partition coefficient (Wildman–Crippen LogP) is 2.64. The van der Waals surface area contributed by atoms with Gasteiger partial charge in [-0.15, -0.1) is 0 Å². The Kier molecular flexibility index (Phi) is 7.78. The van der Waals surface area contributed by atoms with E-state index in [9.17, 15) is 28.4 Å². The number of methoxy groups -OCH3 is 1. The maximum Gasteiger partial charge on any atom is 0.329 e. The lowest BCUT2D eigenvalue weighted by molar-refractivity contribution is -0.139. The van der Waals surface area contributed by atoms with E-state index in [1.165, 1.54) is 18.1 Å². The summed E-state index contributed by atoms with van der Waals surface area (Å²) >= 11 is 5.87. The predicted molar refractivity (Wildman–Crippen MR) is 133 cm³/mol. The second kappa shape index (κ2) is 11.0. The van der Waals surface area contributed by atoms with Gasteiger partial charge in [-0.25, -0.2) is 18.9 Å². The Hall–Kier alpha value is -4.23. The van der Waals surface area contributed by atoms with E-state index in [2.05, 4.69) is 16.0 Å². The van der Waals surface area contributed by atoms with E-state index in [0.29, 0.717) is 15.6 Å². The summed E-state index contributed by atoms with van der Waals surface area (Å²) in [6.45, 7) is 0.124. The van der Waals surface area contributed by atoms with Gasteiger partial charge >= 0.3 is 18.0 Å². The van der Waals surface area contributed by atoms with Crippen LogP contribution in [0.2, 0.25) is 5.02 Å². The van der Waals surface area contributed by atoms with Crippen molar-refractivity contribution in [1.82, 2.24) is 10.2 Å². The number of hydrogen-bond donors (Lipinski definition) is 4. The second-order valence-corrected chi connectivity index (χ2v) is 9.06. The fourth-order valence-corrected chi connectivity index (χ4v) is 4.34. The van der Waals surface area contributed by atoms with Crippen LogP contribution in [0.15, 0.2) is 42.5 Å². The van der Waals surface area contributed by atoms with E-state index >= 15 is 0 Å². The molecule has 2 aromatic rings. The molecule has 0 aliphatic carbocycles. The third-order valence-corrected chi connectivity index (χ3v) is 6.37. The van der Waals surface area contributed by atoms with Gasteiger partial charge < -0.3 is 30.7 Å². The Labute approximate surface area is 220 Å². The van der Waals surface area contributed by atoms with Crippen LogP contribution in [0.25, 0.3) is 0 Å². The molecule has 0 saturated carbocycles. The van der Waals surface area contributed by atoms with Crippen LogP contribution in [0.1, 0.15) is 12.8 Å². The highest BCUT2D eigenvalue weighted by atomic mass is 35.5. The third kappa shape index (κ3) is 5.68. The molecule has 3 unspecified atom stereocenters. The van der Waals surface area contributed by atoms with Gasteiger partial charge in [0, 0.05) is 36.9 Å². The number of nitrogens with zero attached hydrogens (tertiary/aromatic N) is 2. The lowest BCUT2D eigenvalue weighted by atomic mass is 10.1. The van der Waals surface area contributed by atoms with Crippen LogP contribution in [-0.2, 0) is 19.1 Å². The Morgan fingerprint density at radius 1 is 1.16 bits per heavy atom. The van der Waals surface area contributed by atoms with Crippen LogP contribution < -0.4 is 20.9 Å². The van der Waals surface area contributed by atoms with Crippen molar-refractivity contribution >= 4 is 58.5 Å². The normalized spacial score (nSPS) is 20.9. The fraction of sp³-hybridized carbons (Fsp3) is 0.292. The Morgan fingerprint density at radius 2 is 1.87 bits per heavy atom. The number of hydrogen-bond acceptors (Lipinski definition) is 6. The van der Waals surface area contributed by atoms with Crippen LogP contribution in [0.5, 0.6) is 0 Å². The molecule has 38 heavy (non-hydrogen) atoms. The third-order valence-electron chi connectivity index (χ3n) is 6.12. The molecule has 2 fully saturated rings. The number of ether oxygens (including phenoxy) is 1. The number of nitrogens with one attached hydrogen (secondary N) is 3. The van der Waals surface area contributed by atoms with Crippen molar-refractivity contribution < 1.29 is 38.2 Å². The van der Waals surface area contributed by atoms with Crippen molar-refractivity contribution in [2.75, 3.05) is 29.2 Å². The molecule has 200 valence electrons. The number of rotatable bonds is 7. The minimum atomic E-state index is -1.28. The minimum absolute atomic E-state index is 0.124. The summed E-state index contributed by atoms with van der Waals surface area (Å²) in [6, 6.07) is 5.96. The van der Waals surface area contributed by atoms with E-state index in [4.69, 9.17) is 21.4 Å². The van der Waals surface area contributed by atoms with Crippen LogP contribution in [0.3, 0.4) is 0 Å². The Bertz CT molecular complexity index is 1290. The molecule has 14 heteroatoms. The molecule has 2 saturated heterocycles. The molecule has 4 N–H and O–H groups in total. The Morgan fingerprint density at radius 3 is 2.50 bits per heavy atom. The van der Waals surface area contributed by atoms with Gasteiger partial charge in [-0.05, 0) is 36.4 Å². The van der Waals surface area contributed by atoms with Gasteiger partial charge in [-0.3, -0.25) is 14.4 Å². The van der Waals surface area contributed by atoms with Crippen LogP contribution in [0.4, 0.5) is 31.0 Å². The van der Waals surface area contributed by atoms with Crippen LogP contribution in [-0.4, -0.2) is 71.7 Å². The number of urea groups is 2. The number of likely N-dealkylation sites (tertiary alicyclic amines) is 1. The molecule has 2 aliphatic rings. The molecule has 2 aliphatic heterocycles. The number of anilines is 3. The molecule has 6 amide bonds. The molecule has 12 nitrogen and oxygen atoms in total. The zero-order valence-corrected chi connectivity index (χ0v) is 20.7. The van der Waals surface area contributed by atoms with Crippen molar-refractivity contribution in [2.45, 2.75) is 31.0 Å². The topological polar surface area (TPSA) is 157 Å². The molecule has 2 heterocycles. The molecular weight excluding hydrogens is 525 g/mol.